The van der Waals surface area contributed by atoms with E-state index in [2.05, 4.69) is 15.3 Å². The molecule has 0 atom stereocenters. The topological polar surface area (TPSA) is 127 Å². The summed E-state index contributed by atoms with van der Waals surface area (Å²) in [7, 11) is -3.67. The van der Waals surface area contributed by atoms with Gasteiger partial charge < -0.3 is 14.8 Å². The Morgan fingerprint density at radius 2 is 1.78 bits per heavy atom. The maximum atomic E-state index is 12.5. The lowest BCUT2D eigenvalue weighted by Crippen LogP contribution is -2.20. The molecule has 4 rings (SSSR count). The number of para-hydroxylation sites is 1. The van der Waals surface area contributed by atoms with Gasteiger partial charge in [-0.25, -0.2) is 0 Å². The van der Waals surface area contributed by atoms with Crippen LogP contribution in [0.1, 0.15) is 25.0 Å². The van der Waals surface area contributed by atoms with Crippen molar-refractivity contribution in [3.8, 4) is 11.5 Å². The highest BCUT2D eigenvalue weighted by atomic mass is 32.2. The summed E-state index contributed by atoms with van der Waals surface area (Å²) in [5.74, 6) is 1.53. The molecule has 1 fully saturated rings. The van der Waals surface area contributed by atoms with E-state index in [4.69, 9.17) is 14.0 Å². The van der Waals surface area contributed by atoms with Crippen molar-refractivity contribution in [1.82, 2.24) is 10.3 Å². The van der Waals surface area contributed by atoms with Gasteiger partial charge in [-0.15, -0.1) is 0 Å². The lowest BCUT2D eigenvalue weighted by molar-refractivity contribution is -0.115. The highest BCUT2D eigenvalue weighted by molar-refractivity contribution is 8.18. The van der Waals surface area contributed by atoms with Crippen molar-refractivity contribution in [1.29, 1.82) is 0 Å². The van der Waals surface area contributed by atoms with Crippen LogP contribution in [0.25, 0.3) is 17.0 Å². The summed E-state index contributed by atoms with van der Waals surface area (Å²) in [6.45, 7) is 5.70. The molecule has 2 N–H and O–H groups in total. The molecule has 0 unspecified atom stereocenters. The molecule has 2 aromatic carbocycles. The monoisotopic (exact) mass is 543 g/mol. The van der Waals surface area contributed by atoms with Gasteiger partial charge in [0, 0.05) is 18.1 Å². The molecule has 0 radical (unpaired) electrons. The van der Waals surface area contributed by atoms with Crippen LogP contribution in [0.15, 0.2) is 64.6 Å². The number of thioether (sulfide) groups is 1. The van der Waals surface area contributed by atoms with Gasteiger partial charge in [0.15, 0.2) is 5.17 Å². The molecule has 1 aliphatic heterocycles. The Kier molecular flexibility index (Phi) is 10.1. The molecule has 0 aliphatic carbocycles. The second-order valence-corrected chi connectivity index (χ2v) is 10.3. The van der Waals surface area contributed by atoms with Gasteiger partial charge in [0.25, 0.3) is 16.0 Å². The van der Waals surface area contributed by atoms with Gasteiger partial charge in [0.05, 0.1) is 29.9 Å². The third-order valence-corrected chi connectivity index (χ3v) is 5.83. The number of hydrogen-bond acceptors (Lipinski definition) is 8. The number of hydrogen-bond donors (Lipinski definition) is 2. The predicted molar refractivity (Wildman–Crippen MR) is 148 cm³/mol. The SMILES string of the molecule is CCOc1ccccc1CCN=C1NC(=O)/C(=C/c2ccc3nccc(OCC)c3c2)S1.CS(=O)(=O)O. The van der Waals surface area contributed by atoms with Gasteiger partial charge in [-0.2, -0.15) is 8.42 Å². The van der Waals surface area contributed by atoms with Crippen LogP contribution in [-0.4, -0.2) is 55.0 Å². The van der Waals surface area contributed by atoms with Crippen molar-refractivity contribution < 1.29 is 27.2 Å². The lowest BCUT2D eigenvalue weighted by atomic mass is 10.1. The Balaban J connectivity index is 0.000000695. The van der Waals surface area contributed by atoms with E-state index in [1.807, 2.05) is 68.5 Å². The van der Waals surface area contributed by atoms with E-state index in [0.29, 0.717) is 36.1 Å². The highest BCUT2D eigenvalue weighted by Gasteiger charge is 2.23. The first kappa shape index (κ1) is 28.2. The zero-order valence-electron chi connectivity index (χ0n) is 20.8. The van der Waals surface area contributed by atoms with Crippen molar-refractivity contribution in [3.63, 3.8) is 0 Å². The van der Waals surface area contributed by atoms with E-state index in [-0.39, 0.29) is 5.91 Å². The minimum absolute atomic E-state index is 0.139. The quantitative estimate of drug-likeness (QED) is 0.317. The van der Waals surface area contributed by atoms with E-state index in [0.717, 1.165) is 39.9 Å². The summed E-state index contributed by atoms with van der Waals surface area (Å²) < 4.78 is 37.2. The number of benzene rings is 2. The van der Waals surface area contributed by atoms with Crippen LogP contribution in [0, 0.1) is 0 Å². The molecular formula is C26H29N3O6S2. The summed E-state index contributed by atoms with van der Waals surface area (Å²) in [6, 6.07) is 15.7. The fourth-order valence-corrected chi connectivity index (χ4v) is 4.29. The van der Waals surface area contributed by atoms with E-state index < -0.39 is 10.1 Å². The molecule has 37 heavy (non-hydrogen) atoms. The van der Waals surface area contributed by atoms with Crippen molar-refractivity contribution in [2.75, 3.05) is 26.0 Å². The van der Waals surface area contributed by atoms with E-state index in [1.54, 1.807) is 6.20 Å². The van der Waals surface area contributed by atoms with Crippen LogP contribution >= 0.6 is 11.8 Å². The molecule has 3 aromatic rings. The van der Waals surface area contributed by atoms with Gasteiger partial charge in [-0.1, -0.05) is 24.3 Å². The Labute approximate surface area is 220 Å². The number of nitrogens with one attached hydrogen (secondary N) is 1. The normalized spacial score (nSPS) is 15.4. The second-order valence-electron chi connectivity index (χ2n) is 7.79. The number of amides is 1. The molecule has 2 heterocycles. The molecule has 0 spiro atoms. The number of rotatable bonds is 8. The first-order valence-corrected chi connectivity index (χ1v) is 14.2. The van der Waals surface area contributed by atoms with E-state index in [1.165, 1.54) is 11.8 Å². The number of carbonyl (C=O) groups is 1. The van der Waals surface area contributed by atoms with Crippen molar-refractivity contribution in [3.05, 3.63) is 70.8 Å². The first-order chi connectivity index (χ1) is 17.7. The minimum Gasteiger partial charge on any atom is -0.494 e. The molecule has 9 nitrogen and oxygen atoms in total. The smallest absolute Gasteiger partial charge is 0.264 e. The Bertz CT molecular complexity index is 1410. The zero-order valence-corrected chi connectivity index (χ0v) is 22.4. The summed E-state index contributed by atoms with van der Waals surface area (Å²) in [4.78, 5) is 22.0. The third kappa shape index (κ3) is 8.88. The maximum absolute atomic E-state index is 12.5. The number of ether oxygens (including phenoxy) is 2. The van der Waals surface area contributed by atoms with Crippen LogP contribution in [0.3, 0.4) is 0 Å². The average Bonchev–Trinajstić information content (AvgIpc) is 3.18. The Morgan fingerprint density at radius 3 is 2.51 bits per heavy atom. The number of fused-ring (bicyclic) bond motifs is 1. The van der Waals surface area contributed by atoms with Crippen molar-refractivity contribution in [2.45, 2.75) is 20.3 Å². The van der Waals surface area contributed by atoms with Gasteiger partial charge in [-0.3, -0.25) is 19.3 Å². The average molecular weight is 544 g/mol. The summed E-state index contributed by atoms with van der Waals surface area (Å²) >= 11 is 1.36. The minimum atomic E-state index is -3.67. The van der Waals surface area contributed by atoms with Gasteiger partial charge >= 0.3 is 0 Å². The molecule has 1 saturated heterocycles. The molecule has 1 amide bonds. The van der Waals surface area contributed by atoms with Gasteiger partial charge in [-0.05, 0) is 73.5 Å². The molecule has 1 aromatic heterocycles. The molecule has 0 saturated carbocycles. The summed E-state index contributed by atoms with van der Waals surface area (Å²) in [5, 5.41) is 4.40. The summed E-state index contributed by atoms with van der Waals surface area (Å²) in [6.07, 6.45) is 5.07. The number of aliphatic imine (C=N–C) groups is 1. The number of amidine groups is 1. The van der Waals surface area contributed by atoms with Crippen LogP contribution in [0.4, 0.5) is 0 Å². The van der Waals surface area contributed by atoms with Crippen molar-refractivity contribution >= 4 is 49.9 Å². The van der Waals surface area contributed by atoms with Crippen molar-refractivity contribution in [2.24, 2.45) is 4.99 Å². The van der Waals surface area contributed by atoms with Crippen LogP contribution in [0.5, 0.6) is 11.5 Å². The zero-order chi connectivity index (χ0) is 26.8. The largest absolute Gasteiger partial charge is 0.494 e. The van der Waals surface area contributed by atoms with E-state index >= 15 is 0 Å². The Morgan fingerprint density at radius 1 is 1.08 bits per heavy atom. The predicted octanol–water partition coefficient (Wildman–Crippen LogP) is 4.34. The standard InChI is InChI=1S/C25H25N3O3S.CH4O3S/c1-3-30-21-8-6-5-7-18(21)11-13-27-25-28-24(29)23(32-25)16-17-9-10-20-19(15-17)22(31-4-2)12-14-26-20;1-5(2,3)4/h5-10,12,14-16H,3-4,11,13H2,1-2H3,(H,27,28,29);1H3,(H,2,3,4)/b23-16-;. The fraction of sp³-hybridized carbons (Fsp3) is 0.269. The number of nitrogens with zero attached hydrogens (tertiary/aromatic N) is 2. The third-order valence-electron chi connectivity index (χ3n) is 4.88. The molecular weight excluding hydrogens is 514 g/mol. The molecule has 0 bridgehead atoms. The van der Waals surface area contributed by atoms with Crippen LogP contribution < -0.4 is 14.8 Å². The second kappa shape index (κ2) is 13.2. The molecule has 1 aliphatic rings. The maximum Gasteiger partial charge on any atom is 0.264 e. The van der Waals surface area contributed by atoms with Gasteiger partial charge in [0.1, 0.15) is 11.5 Å². The van der Waals surface area contributed by atoms with E-state index in [9.17, 15) is 13.2 Å². The molecule has 11 heteroatoms. The lowest BCUT2D eigenvalue weighted by Gasteiger charge is -2.08. The number of carbonyl (C=O) groups excluding carboxylic acids is 1. The van der Waals surface area contributed by atoms with Crippen LogP contribution in [0.2, 0.25) is 0 Å². The van der Waals surface area contributed by atoms with Gasteiger partial charge in [0.2, 0.25) is 0 Å². The Hall–Kier alpha value is -3.41. The number of pyridine rings is 1. The fourth-order valence-electron chi connectivity index (χ4n) is 3.45. The summed E-state index contributed by atoms with van der Waals surface area (Å²) in [5.41, 5.74) is 2.88. The highest BCUT2D eigenvalue weighted by Crippen LogP contribution is 2.29. The number of aromatic nitrogens is 1. The van der Waals surface area contributed by atoms with Crippen LogP contribution in [-0.2, 0) is 21.3 Å². The molecule has 196 valence electrons. The first-order valence-electron chi connectivity index (χ1n) is 11.6.